The molecule has 1 heterocycles. The molecule has 0 bridgehead atoms. The zero-order valence-corrected chi connectivity index (χ0v) is 15.1. The first-order valence-corrected chi connectivity index (χ1v) is 8.96. The van der Waals surface area contributed by atoms with Crippen molar-refractivity contribution < 1.29 is 8.42 Å². The first-order chi connectivity index (χ1) is 9.72. The molecule has 0 spiro atoms. The highest BCUT2D eigenvalue weighted by molar-refractivity contribution is 9.10. The summed E-state index contributed by atoms with van der Waals surface area (Å²) in [6.45, 7) is 3.79. The third-order valence-electron chi connectivity index (χ3n) is 2.63. The van der Waals surface area contributed by atoms with Gasteiger partial charge in [0.05, 0.1) is 16.2 Å². The van der Waals surface area contributed by atoms with E-state index >= 15 is 0 Å². The highest BCUT2D eigenvalue weighted by Gasteiger charge is 2.24. The Labute approximate surface area is 141 Å². The second-order valence-electron chi connectivity index (χ2n) is 4.56. The van der Waals surface area contributed by atoms with Crippen LogP contribution in [0.5, 0.6) is 0 Å². The van der Waals surface area contributed by atoms with Crippen LogP contribution in [0.3, 0.4) is 0 Å². The van der Waals surface area contributed by atoms with E-state index in [4.69, 9.17) is 23.2 Å². The lowest BCUT2D eigenvalue weighted by Crippen LogP contribution is -2.18. The molecule has 0 radical (unpaired) electrons. The summed E-state index contributed by atoms with van der Waals surface area (Å²) in [5.41, 5.74) is 0. The van der Waals surface area contributed by atoms with Crippen molar-refractivity contribution in [2.45, 2.75) is 24.8 Å². The Kier molecular flexibility index (Phi) is 4.87. The maximum Gasteiger partial charge on any atom is 0.266 e. The topological polar surface area (TPSA) is 64.0 Å². The number of aromatic nitrogens is 2. The van der Waals surface area contributed by atoms with Crippen molar-refractivity contribution in [2.75, 3.05) is 4.72 Å². The predicted octanol–water partition coefficient (Wildman–Crippen LogP) is 4.33. The summed E-state index contributed by atoms with van der Waals surface area (Å²) in [7, 11) is -3.91. The van der Waals surface area contributed by atoms with Crippen LogP contribution < -0.4 is 4.72 Å². The maximum absolute atomic E-state index is 12.5. The minimum absolute atomic E-state index is 0.00793. The van der Waals surface area contributed by atoms with Gasteiger partial charge in [0.15, 0.2) is 0 Å². The number of anilines is 1. The smallest absolute Gasteiger partial charge is 0.263 e. The van der Waals surface area contributed by atoms with E-state index in [1.807, 2.05) is 13.8 Å². The highest BCUT2D eigenvalue weighted by atomic mass is 79.9. The molecule has 0 amide bonds. The fourth-order valence-electron chi connectivity index (χ4n) is 1.78. The molecule has 1 aromatic heterocycles. The van der Waals surface area contributed by atoms with Crippen LogP contribution >= 0.6 is 39.1 Å². The first kappa shape index (κ1) is 16.6. The van der Waals surface area contributed by atoms with E-state index in [1.165, 1.54) is 18.3 Å². The van der Waals surface area contributed by atoms with Crippen molar-refractivity contribution in [3.8, 4) is 0 Å². The Hall–Kier alpha value is -0.760. The van der Waals surface area contributed by atoms with Gasteiger partial charge in [0.25, 0.3) is 10.0 Å². The van der Waals surface area contributed by atoms with E-state index < -0.39 is 10.0 Å². The minimum Gasteiger partial charge on any atom is -0.263 e. The number of rotatable bonds is 4. The standard InChI is InChI=1S/C12H12BrCl2N3O2S/c1-7(2)18-11(3-4-16-18)17-21(19,20)12-9(14)5-8(13)6-10(12)15/h3-7,17H,1-2H3. The van der Waals surface area contributed by atoms with Crippen molar-refractivity contribution in [2.24, 2.45) is 0 Å². The summed E-state index contributed by atoms with van der Waals surface area (Å²) in [5.74, 6) is 0.347. The van der Waals surface area contributed by atoms with Gasteiger partial charge in [-0.15, -0.1) is 0 Å². The molecule has 21 heavy (non-hydrogen) atoms. The zero-order chi connectivity index (χ0) is 15.8. The Balaban J connectivity index is 2.47. The predicted molar refractivity (Wildman–Crippen MR) is 87.6 cm³/mol. The molecule has 0 aliphatic heterocycles. The number of benzene rings is 1. The van der Waals surface area contributed by atoms with Gasteiger partial charge in [-0.1, -0.05) is 39.1 Å². The van der Waals surface area contributed by atoms with E-state index in [2.05, 4.69) is 25.8 Å². The maximum atomic E-state index is 12.5. The molecular formula is C12H12BrCl2N3O2S. The summed E-state index contributed by atoms with van der Waals surface area (Å²) in [6.07, 6.45) is 1.52. The van der Waals surface area contributed by atoms with Crippen LogP contribution in [0.25, 0.3) is 0 Å². The molecule has 0 atom stereocenters. The number of halogens is 3. The lowest BCUT2D eigenvalue weighted by molar-refractivity contribution is 0.539. The molecule has 0 unspecified atom stereocenters. The van der Waals surface area contributed by atoms with E-state index in [-0.39, 0.29) is 21.0 Å². The van der Waals surface area contributed by atoms with Crippen LogP contribution in [0.2, 0.25) is 10.0 Å². The summed E-state index contributed by atoms with van der Waals surface area (Å²) < 4.78 is 29.6. The quantitative estimate of drug-likeness (QED) is 0.812. The van der Waals surface area contributed by atoms with Gasteiger partial charge < -0.3 is 0 Å². The normalized spacial score (nSPS) is 11.9. The molecule has 114 valence electrons. The van der Waals surface area contributed by atoms with Crippen molar-refractivity contribution in [1.29, 1.82) is 0 Å². The molecule has 5 nitrogen and oxygen atoms in total. The van der Waals surface area contributed by atoms with E-state index in [0.717, 1.165) is 0 Å². The average molecular weight is 413 g/mol. The van der Waals surface area contributed by atoms with Crippen molar-refractivity contribution in [3.63, 3.8) is 0 Å². The summed E-state index contributed by atoms with van der Waals surface area (Å²) in [5, 5.41) is 4.15. The number of nitrogens with one attached hydrogen (secondary N) is 1. The monoisotopic (exact) mass is 411 g/mol. The van der Waals surface area contributed by atoms with Crippen LogP contribution in [0.1, 0.15) is 19.9 Å². The molecule has 9 heteroatoms. The Morgan fingerprint density at radius 2 is 1.86 bits per heavy atom. The third kappa shape index (κ3) is 3.53. The van der Waals surface area contributed by atoms with Crippen LogP contribution in [0, 0.1) is 0 Å². The Bertz CT molecular complexity index is 752. The van der Waals surface area contributed by atoms with Gasteiger partial charge in [-0.2, -0.15) is 5.10 Å². The molecule has 0 aliphatic carbocycles. The van der Waals surface area contributed by atoms with Crippen molar-refractivity contribution in [3.05, 3.63) is 38.9 Å². The molecule has 0 saturated heterocycles. The van der Waals surface area contributed by atoms with Crippen LogP contribution in [-0.2, 0) is 10.0 Å². The van der Waals surface area contributed by atoms with Crippen LogP contribution in [0.15, 0.2) is 33.8 Å². The number of nitrogens with zero attached hydrogens (tertiary/aromatic N) is 2. The van der Waals surface area contributed by atoms with Gasteiger partial charge >= 0.3 is 0 Å². The van der Waals surface area contributed by atoms with Crippen LogP contribution in [0.4, 0.5) is 5.82 Å². The Morgan fingerprint density at radius 3 is 2.38 bits per heavy atom. The van der Waals surface area contributed by atoms with Crippen molar-refractivity contribution in [1.82, 2.24) is 9.78 Å². The van der Waals surface area contributed by atoms with Gasteiger partial charge in [0, 0.05) is 16.6 Å². The highest BCUT2D eigenvalue weighted by Crippen LogP contribution is 2.34. The van der Waals surface area contributed by atoms with Gasteiger partial charge in [-0.3, -0.25) is 4.72 Å². The molecule has 2 rings (SSSR count). The average Bonchev–Trinajstić information content (AvgIpc) is 2.73. The second kappa shape index (κ2) is 6.16. The molecule has 1 N–H and O–H groups in total. The SMILES string of the molecule is CC(C)n1nccc1NS(=O)(=O)c1c(Cl)cc(Br)cc1Cl. The van der Waals surface area contributed by atoms with E-state index in [1.54, 1.807) is 10.7 Å². The van der Waals surface area contributed by atoms with Gasteiger partial charge in [0.1, 0.15) is 10.7 Å². The largest absolute Gasteiger partial charge is 0.266 e. The number of hydrogen-bond acceptors (Lipinski definition) is 3. The Morgan fingerprint density at radius 1 is 1.29 bits per heavy atom. The van der Waals surface area contributed by atoms with Gasteiger partial charge in [-0.05, 0) is 26.0 Å². The summed E-state index contributed by atoms with van der Waals surface area (Å²) in [6, 6.07) is 4.52. The van der Waals surface area contributed by atoms with Gasteiger partial charge in [-0.25, -0.2) is 13.1 Å². The lowest BCUT2D eigenvalue weighted by Gasteiger charge is -2.14. The molecular weight excluding hydrogens is 401 g/mol. The molecule has 0 fully saturated rings. The second-order valence-corrected chi connectivity index (χ2v) is 7.91. The van der Waals surface area contributed by atoms with Gasteiger partial charge in [0.2, 0.25) is 0 Å². The third-order valence-corrected chi connectivity index (χ3v) is 5.36. The lowest BCUT2D eigenvalue weighted by atomic mass is 10.4. The van der Waals surface area contributed by atoms with E-state index in [0.29, 0.717) is 10.3 Å². The van der Waals surface area contributed by atoms with Crippen molar-refractivity contribution >= 4 is 55.0 Å². The van der Waals surface area contributed by atoms with Crippen LogP contribution in [-0.4, -0.2) is 18.2 Å². The fraction of sp³-hybridized carbons (Fsp3) is 0.250. The number of sulfonamides is 1. The molecule has 0 saturated carbocycles. The first-order valence-electron chi connectivity index (χ1n) is 5.93. The summed E-state index contributed by atoms with van der Waals surface area (Å²) in [4.78, 5) is -0.162. The minimum atomic E-state index is -3.91. The van der Waals surface area contributed by atoms with E-state index in [9.17, 15) is 8.42 Å². The summed E-state index contributed by atoms with van der Waals surface area (Å²) >= 11 is 15.2. The molecule has 1 aromatic carbocycles. The number of hydrogen-bond donors (Lipinski definition) is 1. The fourth-order valence-corrected chi connectivity index (χ4v) is 4.77. The zero-order valence-electron chi connectivity index (χ0n) is 11.1. The molecule has 0 aliphatic rings. The molecule has 2 aromatic rings.